The number of carboxylic acids is 1. The number of aromatic carboxylic acids is 1. The molecule has 2 aromatic heterocycles. The Labute approximate surface area is 100 Å². The van der Waals surface area contributed by atoms with Crippen LogP contribution >= 0.6 is 11.6 Å². The molecule has 0 radical (unpaired) electrons. The molecule has 0 saturated heterocycles. The Kier molecular flexibility index (Phi) is 2.81. The minimum atomic E-state index is -1.14. The van der Waals surface area contributed by atoms with Crippen molar-refractivity contribution in [1.82, 2.24) is 14.8 Å². The fourth-order valence-corrected chi connectivity index (χ4v) is 1.53. The van der Waals surface area contributed by atoms with Gasteiger partial charge in [0.2, 0.25) is 0 Å². The Balaban J connectivity index is 2.53. The zero-order valence-electron chi connectivity index (χ0n) is 8.69. The van der Waals surface area contributed by atoms with Crippen LogP contribution in [0.3, 0.4) is 0 Å². The first-order valence-corrected chi connectivity index (χ1v) is 4.95. The van der Waals surface area contributed by atoms with Gasteiger partial charge in [-0.15, -0.1) is 0 Å². The van der Waals surface area contributed by atoms with Crippen molar-refractivity contribution in [1.29, 1.82) is 0 Å². The van der Waals surface area contributed by atoms with E-state index in [1.54, 1.807) is 0 Å². The minimum Gasteiger partial charge on any atom is -0.477 e. The highest BCUT2D eigenvalue weighted by Gasteiger charge is 2.16. The summed E-state index contributed by atoms with van der Waals surface area (Å²) in [6.45, 7) is 0. The molecule has 2 aromatic rings. The van der Waals surface area contributed by atoms with E-state index in [0.717, 1.165) is 10.7 Å². The van der Waals surface area contributed by atoms with Crippen LogP contribution in [0.5, 0.6) is 0 Å². The second-order valence-corrected chi connectivity index (χ2v) is 3.76. The molecule has 0 aromatic carbocycles. The van der Waals surface area contributed by atoms with Crippen molar-refractivity contribution in [2.75, 3.05) is 0 Å². The summed E-state index contributed by atoms with van der Waals surface area (Å²) in [6.07, 6.45) is 1.27. The predicted molar refractivity (Wildman–Crippen MR) is 58.4 cm³/mol. The van der Waals surface area contributed by atoms with E-state index in [1.807, 2.05) is 0 Å². The van der Waals surface area contributed by atoms with Crippen molar-refractivity contribution >= 4 is 17.6 Å². The Morgan fingerprint density at radius 1 is 1.53 bits per heavy atom. The van der Waals surface area contributed by atoms with Gasteiger partial charge >= 0.3 is 5.97 Å². The lowest BCUT2D eigenvalue weighted by Crippen LogP contribution is -2.04. The summed E-state index contributed by atoms with van der Waals surface area (Å²) in [7, 11) is 1.46. The van der Waals surface area contributed by atoms with E-state index in [9.17, 15) is 9.18 Å². The molecule has 17 heavy (non-hydrogen) atoms. The zero-order chi connectivity index (χ0) is 12.6. The van der Waals surface area contributed by atoms with Crippen molar-refractivity contribution in [3.8, 4) is 11.4 Å². The van der Waals surface area contributed by atoms with Crippen LogP contribution in [0.4, 0.5) is 4.39 Å². The van der Waals surface area contributed by atoms with Gasteiger partial charge in [0.25, 0.3) is 0 Å². The third kappa shape index (κ3) is 2.12. The highest BCUT2D eigenvalue weighted by Crippen LogP contribution is 2.22. The Morgan fingerprint density at radius 2 is 2.24 bits per heavy atom. The normalized spacial score (nSPS) is 10.5. The maximum Gasteiger partial charge on any atom is 0.354 e. The number of carboxylic acid groups (broad SMARTS) is 1. The number of aromatic nitrogens is 3. The van der Waals surface area contributed by atoms with Crippen LogP contribution in [0.15, 0.2) is 18.3 Å². The molecule has 0 fully saturated rings. The van der Waals surface area contributed by atoms with E-state index < -0.39 is 11.8 Å². The van der Waals surface area contributed by atoms with Crippen molar-refractivity contribution < 1.29 is 14.3 Å². The quantitative estimate of drug-likeness (QED) is 0.891. The number of aryl methyl sites for hydroxylation is 1. The number of hydrogen-bond donors (Lipinski definition) is 1. The summed E-state index contributed by atoms with van der Waals surface area (Å²) in [5.41, 5.74) is 0.0766. The third-order valence-electron chi connectivity index (χ3n) is 2.15. The number of carbonyl (C=O) groups is 1. The number of rotatable bonds is 2. The van der Waals surface area contributed by atoms with E-state index in [-0.39, 0.29) is 22.1 Å². The van der Waals surface area contributed by atoms with Crippen LogP contribution in [0.1, 0.15) is 10.5 Å². The molecule has 0 aliphatic heterocycles. The maximum absolute atomic E-state index is 13.5. The predicted octanol–water partition coefficient (Wildman–Crippen LogP) is 1.97. The lowest BCUT2D eigenvalue weighted by molar-refractivity contribution is 0.0685. The molecule has 0 spiro atoms. The van der Waals surface area contributed by atoms with Gasteiger partial charge < -0.3 is 5.11 Å². The van der Waals surface area contributed by atoms with Crippen LogP contribution in [0.25, 0.3) is 11.4 Å². The molecule has 0 aliphatic carbocycles. The minimum absolute atomic E-state index is 0.0301. The van der Waals surface area contributed by atoms with Gasteiger partial charge in [-0.25, -0.2) is 14.2 Å². The molecular weight excluding hydrogens is 249 g/mol. The summed E-state index contributed by atoms with van der Waals surface area (Å²) in [5, 5.41) is 12.9. The first-order valence-electron chi connectivity index (χ1n) is 4.58. The number of pyridine rings is 1. The Hall–Kier alpha value is -1.95. The van der Waals surface area contributed by atoms with Gasteiger partial charge in [0, 0.05) is 19.3 Å². The molecule has 0 aliphatic rings. The highest BCUT2D eigenvalue weighted by molar-refractivity contribution is 6.30. The van der Waals surface area contributed by atoms with Gasteiger partial charge in [-0.05, 0) is 6.07 Å². The van der Waals surface area contributed by atoms with Gasteiger partial charge in [-0.3, -0.25) is 4.68 Å². The van der Waals surface area contributed by atoms with Gasteiger partial charge in [0.15, 0.2) is 5.82 Å². The summed E-state index contributed by atoms with van der Waals surface area (Å²) in [5.74, 6) is -1.78. The van der Waals surface area contributed by atoms with Crippen LogP contribution in [-0.2, 0) is 7.05 Å². The Morgan fingerprint density at radius 3 is 2.76 bits per heavy atom. The zero-order valence-corrected chi connectivity index (χ0v) is 9.44. The van der Waals surface area contributed by atoms with Gasteiger partial charge in [-0.2, -0.15) is 5.10 Å². The molecule has 2 rings (SSSR count). The van der Waals surface area contributed by atoms with Gasteiger partial charge in [0.1, 0.15) is 17.1 Å². The molecule has 88 valence electrons. The molecule has 5 nitrogen and oxygen atoms in total. The van der Waals surface area contributed by atoms with Crippen molar-refractivity contribution in [3.63, 3.8) is 0 Å². The molecule has 0 saturated carbocycles. The smallest absolute Gasteiger partial charge is 0.354 e. The average Bonchev–Trinajstić information content (AvgIpc) is 2.60. The van der Waals surface area contributed by atoms with E-state index in [0.29, 0.717) is 0 Å². The first kappa shape index (κ1) is 11.5. The molecule has 1 N–H and O–H groups in total. The average molecular weight is 256 g/mol. The topological polar surface area (TPSA) is 68.0 Å². The van der Waals surface area contributed by atoms with Crippen molar-refractivity contribution in [2.45, 2.75) is 0 Å². The van der Waals surface area contributed by atoms with Crippen LogP contribution in [0, 0.1) is 5.82 Å². The van der Waals surface area contributed by atoms with Gasteiger partial charge in [0.05, 0.1) is 5.02 Å². The SMILES string of the molecule is Cn1nc(-c2ncc(Cl)cc2F)cc1C(=O)O. The molecule has 7 heteroatoms. The van der Waals surface area contributed by atoms with Crippen molar-refractivity contribution in [3.05, 3.63) is 34.9 Å². The standard InChI is InChI=1S/C10H7ClFN3O2/c1-15-8(10(16)17)3-7(14-15)9-6(12)2-5(11)4-13-9/h2-4H,1H3,(H,16,17). The summed E-state index contributed by atoms with van der Waals surface area (Å²) >= 11 is 5.57. The van der Waals surface area contributed by atoms with E-state index in [1.165, 1.54) is 19.3 Å². The van der Waals surface area contributed by atoms with Crippen molar-refractivity contribution in [2.24, 2.45) is 7.05 Å². The lowest BCUT2D eigenvalue weighted by atomic mass is 10.2. The fourth-order valence-electron chi connectivity index (χ4n) is 1.39. The van der Waals surface area contributed by atoms with Crippen LogP contribution in [-0.4, -0.2) is 25.8 Å². The lowest BCUT2D eigenvalue weighted by Gasteiger charge is -1.97. The molecule has 0 bridgehead atoms. The first-order chi connectivity index (χ1) is 7.99. The number of hydrogen-bond acceptors (Lipinski definition) is 3. The monoisotopic (exact) mass is 255 g/mol. The molecule has 2 heterocycles. The maximum atomic E-state index is 13.5. The second-order valence-electron chi connectivity index (χ2n) is 3.33. The van der Waals surface area contributed by atoms with E-state index in [2.05, 4.69) is 10.1 Å². The van der Waals surface area contributed by atoms with Crippen LogP contribution < -0.4 is 0 Å². The van der Waals surface area contributed by atoms with E-state index in [4.69, 9.17) is 16.7 Å². The third-order valence-corrected chi connectivity index (χ3v) is 2.36. The summed E-state index contributed by atoms with van der Waals surface area (Å²) in [6, 6.07) is 2.35. The second kappa shape index (κ2) is 4.14. The molecule has 0 unspecified atom stereocenters. The fraction of sp³-hybridized carbons (Fsp3) is 0.100. The molecule has 0 atom stereocenters. The highest BCUT2D eigenvalue weighted by atomic mass is 35.5. The van der Waals surface area contributed by atoms with Crippen LogP contribution in [0.2, 0.25) is 5.02 Å². The number of nitrogens with zero attached hydrogens (tertiary/aromatic N) is 3. The summed E-state index contributed by atoms with van der Waals surface area (Å²) in [4.78, 5) is 14.6. The Bertz CT molecular complexity index is 597. The van der Waals surface area contributed by atoms with Gasteiger partial charge in [-0.1, -0.05) is 11.6 Å². The number of halogens is 2. The largest absolute Gasteiger partial charge is 0.477 e. The van der Waals surface area contributed by atoms with E-state index >= 15 is 0 Å². The molecular formula is C10H7ClFN3O2. The summed E-state index contributed by atoms with van der Waals surface area (Å²) < 4.78 is 14.7. The molecule has 0 amide bonds.